The molecule has 0 radical (unpaired) electrons. The number of para-hydroxylation sites is 1. The van der Waals surface area contributed by atoms with Crippen molar-refractivity contribution in [1.82, 2.24) is 4.98 Å². The van der Waals surface area contributed by atoms with E-state index >= 15 is 0 Å². The molecule has 0 bridgehead atoms. The summed E-state index contributed by atoms with van der Waals surface area (Å²) >= 11 is 3.50. The van der Waals surface area contributed by atoms with Crippen molar-refractivity contribution in [3.05, 3.63) is 68.4 Å². The average molecular weight is 485 g/mol. The number of amides is 1. The molecule has 31 heavy (non-hydrogen) atoms. The molecule has 0 aliphatic heterocycles. The van der Waals surface area contributed by atoms with Gasteiger partial charge in [0.2, 0.25) is 5.43 Å². The molecule has 0 atom stereocenters. The van der Waals surface area contributed by atoms with E-state index in [1.54, 1.807) is 24.3 Å². The fourth-order valence-corrected chi connectivity index (χ4v) is 4.43. The Morgan fingerprint density at radius 3 is 2.65 bits per heavy atom. The summed E-state index contributed by atoms with van der Waals surface area (Å²) in [7, 11) is 1.24. The van der Waals surface area contributed by atoms with Gasteiger partial charge in [0, 0.05) is 27.6 Å². The van der Waals surface area contributed by atoms with Crippen LogP contribution in [0.3, 0.4) is 0 Å². The first-order chi connectivity index (χ1) is 15.0. The van der Waals surface area contributed by atoms with Crippen LogP contribution in [0.15, 0.2) is 51.9 Å². The lowest BCUT2D eigenvalue weighted by Crippen LogP contribution is -2.22. The van der Waals surface area contributed by atoms with Gasteiger partial charge in [-0.15, -0.1) is 0 Å². The van der Waals surface area contributed by atoms with E-state index in [1.807, 2.05) is 12.1 Å². The standard InChI is InChI=1S/C23H21BrN2O5/c1-30-23(29)31-20-11-19(17(24)10-15(20)13-6-2-3-7-13)26-22(28)16-12-25-18-9-5-4-8-14(18)21(16)27/h4-5,8-13H,2-3,6-7H2,1H3,(H,25,27)(H,26,28). The fourth-order valence-electron chi connectivity index (χ4n) is 3.97. The third kappa shape index (κ3) is 4.34. The van der Waals surface area contributed by atoms with Gasteiger partial charge in [-0.05, 0) is 58.5 Å². The van der Waals surface area contributed by atoms with Crippen LogP contribution < -0.4 is 15.5 Å². The van der Waals surface area contributed by atoms with Gasteiger partial charge in [-0.1, -0.05) is 25.0 Å². The highest BCUT2D eigenvalue weighted by Crippen LogP contribution is 2.42. The molecule has 1 aromatic heterocycles. The zero-order chi connectivity index (χ0) is 22.0. The van der Waals surface area contributed by atoms with Gasteiger partial charge in [-0.25, -0.2) is 4.79 Å². The topological polar surface area (TPSA) is 97.5 Å². The Morgan fingerprint density at radius 1 is 1.16 bits per heavy atom. The minimum absolute atomic E-state index is 0.0131. The lowest BCUT2D eigenvalue weighted by Gasteiger charge is -2.18. The lowest BCUT2D eigenvalue weighted by atomic mass is 9.96. The third-order valence-corrected chi connectivity index (χ3v) is 6.19. The van der Waals surface area contributed by atoms with E-state index < -0.39 is 12.1 Å². The summed E-state index contributed by atoms with van der Waals surface area (Å²) in [6.07, 6.45) is 4.80. The van der Waals surface area contributed by atoms with Crippen LogP contribution in [0.25, 0.3) is 10.9 Å². The number of ether oxygens (including phenoxy) is 2. The van der Waals surface area contributed by atoms with Gasteiger partial charge in [0.05, 0.1) is 12.8 Å². The Balaban J connectivity index is 1.68. The van der Waals surface area contributed by atoms with Gasteiger partial charge in [-0.3, -0.25) is 9.59 Å². The average Bonchev–Trinajstić information content (AvgIpc) is 3.30. The minimum atomic E-state index is -0.829. The molecular weight excluding hydrogens is 464 g/mol. The van der Waals surface area contributed by atoms with Crippen molar-refractivity contribution in [2.24, 2.45) is 0 Å². The van der Waals surface area contributed by atoms with Crippen LogP contribution in [0.4, 0.5) is 10.5 Å². The molecule has 0 unspecified atom stereocenters. The van der Waals surface area contributed by atoms with Crippen molar-refractivity contribution in [3.8, 4) is 5.75 Å². The summed E-state index contributed by atoms with van der Waals surface area (Å²) in [6.45, 7) is 0. The summed E-state index contributed by atoms with van der Waals surface area (Å²) in [6, 6.07) is 10.4. The van der Waals surface area contributed by atoms with E-state index in [0.29, 0.717) is 26.8 Å². The number of halogens is 1. The summed E-state index contributed by atoms with van der Waals surface area (Å²) in [4.78, 5) is 40.4. The van der Waals surface area contributed by atoms with Crippen LogP contribution in [-0.4, -0.2) is 24.2 Å². The van der Waals surface area contributed by atoms with Crippen molar-refractivity contribution >= 4 is 44.6 Å². The largest absolute Gasteiger partial charge is 0.513 e. The van der Waals surface area contributed by atoms with Gasteiger partial charge < -0.3 is 19.8 Å². The molecule has 0 spiro atoms. The molecule has 4 rings (SSSR count). The normalized spacial score (nSPS) is 13.9. The van der Waals surface area contributed by atoms with Crippen LogP contribution in [0.5, 0.6) is 5.75 Å². The number of hydrogen-bond donors (Lipinski definition) is 2. The second-order valence-electron chi connectivity index (χ2n) is 7.44. The number of nitrogens with one attached hydrogen (secondary N) is 2. The first kappa shape index (κ1) is 21.1. The number of hydrogen-bond acceptors (Lipinski definition) is 5. The molecule has 3 aromatic rings. The number of rotatable bonds is 4. The molecular formula is C23H21BrN2O5. The quantitative estimate of drug-likeness (QED) is 0.384. The summed E-state index contributed by atoms with van der Waals surface area (Å²) in [5.41, 5.74) is 1.55. The van der Waals surface area contributed by atoms with Gasteiger partial charge in [0.15, 0.2) is 0 Å². The number of methoxy groups -OCH3 is 1. The molecule has 1 aliphatic rings. The van der Waals surface area contributed by atoms with Crippen molar-refractivity contribution in [2.75, 3.05) is 12.4 Å². The maximum absolute atomic E-state index is 12.9. The van der Waals surface area contributed by atoms with E-state index in [1.165, 1.54) is 13.3 Å². The number of benzene rings is 2. The van der Waals surface area contributed by atoms with Crippen molar-refractivity contribution < 1.29 is 19.1 Å². The maximum atomic E-state index is 12.9. The zero-order valence-corrected chi connectivity index (χ0v) is 18.5. The SMILES string of the molecule is COC(=O)Oc1cc(NC(=O)c2c[nH]c3ccccc3c2=O)c(Br)cc1C1CCCC1. The Labute approximate surface area is 186 Å². The van der Waals surface area contributed by atoms with Gasteiger partial charge in [0.1, 0.15) is 11.3 Å². The van der Waals surface area contributed by atoms with Crippen LogP contribution in [0.1, 0.15) is 47.5 Å². The van der Waals surface area contributed by atoms with E-state index in [4.69, 9.17) is 4.74 Å². The predicted octanol–water partition coefficient (Wildman–Crippen LogP) is 5.35. The number of carbonyl (C=O) groups is 2. The van der Waals surface area contributed by atoms with Crippen LogP contribution in [-0.2, 0) is 4.74 Å². The van der Waals surface area contributed by atoms with Crippen molar-refractivity contribution in [3.63, 3.8) is 0 Å². The number of pyridine rings is 1. The molecule has 1 saturated carbocycles. The van der Waals surface area contributed by atoms with E-state index in [0.717, 1.165) is 31.2 Å². The number of carbonyl (C=O) groups excluding carboxylic acids is 2. The molecule has 1 heterocycles. The molecule has 1 fully saturated rings. The van der Waals surface area contributed by atoms with Gasteiger partial charge in [0.25, 0.3) is 5.91 Å². The second kappa shape index (κ2) is 8.93. The molecule has 1 amide bonds. The number of aromatic amines is 1. The number of H-pyrrole nitrogens is 1. The monoisotopic (exact) mass is 484 g/mol. The highest BCUT2D eigenvalue weighted by atomic mass is 79.9. The highest BCUT2D eigenvalue weighted by molar-refractivity contribution is 9.10. The van der Waals surface area contributed by atoms with Crippen molar-refractivity contribution in [1.29, 1.82) is 0 Å². The van der Waals surface area contributed by atoms with Gasteiger partial charge >= 0.3 is 6.16 Å². The van der Waals surface area contributed by atoms with Crippen LogP contribution >= 0.6 is 15.9 Å². The smallest absolute Gasteiger partial charge is 0.437 e. The molecule has 1 aliphatic carbocycles. The second-order valence-corrected chi connectivity index (χ2v) is 8.29. The van der Waals surface area contributed by atoms with E-state index in [9.17, 15) is 14.4 Å². The van der Waals surface area contributed by atoms with Crippen molar-refractivity contribution in [2.45, 2.75) is 31.6 Å². The summed E-state index contributed by atoms with van der Waals surface area (Å²) in [5.74, 6) is 0.0408. The molecule has 2 aromatic carbocycles. The fraction of sp³-hybridized carbons (Fsp3) is 0.261. The number of anilines is 1. The van der Waals surface area contributed by atoms with Crippen LogP contribution in [0.2, 0.25) is 0 Å². The molecule has 0 saturated heterocycles. The van der Waals surface area contributed by atoms with Gasteiger partial charge in [-0.2, -0.15) is 0 Å². The molecule has 2 N–H and O–H groups in total. The maximum Gasteiger partial charge on any atom is 0.513 e. The van der Waals surface area contributed by atoms with Crippen LogP contribution in [0, 0.1) is 0 Å². The van der Waals surface area contributed by atoms with E-state index in [-0.39, 0.29) is 16.9 Å². The first-order valence-electron chi connectivity index (χ1n) is 9.99. The molecule has 160 valence electrons. The molecule has 8 heteroatoms. The Kier molecular flexibility index (Phi) is 6.08. The lowest BCUT2D eigenvalue weighted by molar-refractivity contribution is 0.102. The third-order valence-electron chi connectivity index (χ3n) is 5.54. The van der Waals surface area contributed by atoms with E-state index in [2.05, 4.69) is 31.0 Å². The number of fused-ring (bicyclic) bond motifs is 1. The summed E-state index contributed by atoms with van der Waals surface area (Å²) in [5, 5.41) is 3.17. The minimum Gasteiger partial charge on any atom is -0.437 e. The first-order valence-corrected chi connectivity index (χ1v) is 10.8. The zero-order valence-electron chi connectivity index (χ0n) is 16.9. The Bertz CT molecular complexity index is 1210. The highest BCUT2D eigenvalue weighted by Gasteiger charge is 2.24. The summed E-state index contributed by atoms with van der Waals surface area (Å²) < 4.78 is 10.6. The number of aromatic nitrogens is 1. The Morgan fingerprint density at radius 2 is 1.90 bits per heavy atom. The predicted molar refractivity (Wildman–Crippen MR) is 121 cm³/mol. The Hall–Kier alpha value is -3.13. The molecule has 7 nitrogen and oxygen atoms in total.